The highest BCUT2D eigenvalue weighted by Gasteiger charge is 2.25. The minimum atomic E-state index is -0.234. The Morgan fingerprint density at radius 2 is 1.80 bits per heavy atom. The molecule has 1 amide bonds. The summed E-state index contributed by atoms with van der Waals surface area (Å²) in [4.78, 5) is 31.6. The van der Waals surface area contributed by atoms with Gasteiger partial charge in [0.25, 0.3) is 5.91 Å². The van der Waals surface area contributed by atoms with Crippen molar-refractivity contribution in [1.82, 2.24) is 19.9 Å². The Labute approximate surface area is 207 Å². The smallest absolute Gasteiger partial charge is 0.280 e. The van der Waals surface area contributed by atoms with Crippen molar-refractivity contribution in [2.24, 2.45) is 0 Å². The molecule has 1 aliphatic rings. The van der Waals surface area contributed by atoms with E-state index in [9.17, 15) is 4.79 Å². The summed E-state index contributed by atoms with van der Waals surface area (Å²) in [6.45, 7) is 4.65. The summed E-state index contributed by atoms with van der Waals surface area (Å²) in [7, 11) is 3.23. The number of carbonyl (C=O) groups is 1. The molecule has 0 N–H and O–H groups in total. The molecule has 35 heavy (non-hydrogen) atoms. The summed E-state index contributed by atoms with van der Waals surface area (Å²) < 4.78 is 17.3. The van der Waals surface area contributed by atoms with E-state index in [1.165, 1.54) is 17.5 Å². The van der Waals surface area contributed by atoms with Gasteiger partial charge in [-0.2, -0.15) is 0 Å². The average molecular weight is 494 g/mol. The maximum Gasteiger partial charge on any atom is 0.280 e. The molecule has 0 atom stereocenters. The van der Waals surface area contributed by atoms with Gasteiger partial charge in [-0.1, -0.05) is 23.5 Å². The first-order chi connectivity index (χ1) is 17.2. The molecule has 0 radical (unpaired) electrons. The standard InChI is InChI=1S/C25H27N5O4S/c1-32-20-8-9-21(33-2)23-22(20)28-25(35-23)30(11-5-10-29-12-14-34-15-13-29)24(31)19-16-26-17-6-3-4-7-18(17)27-19/h3-4,6-9,16H,5,10-15H2,1-2H3. The number of rotatable bonds is 8. The molecule has 3 heterocycles. The van der Waals surface area contributed by atoms with Crippen LogP contribution < -0.4 is 14.4 Å². The van der Waals surface area contributed by atoms with E-state index in [1.54, 1.807) is 19.1 Å². The van der Waals surface area contributed by atoms with Crippen LogP contribution in [0.1, 0.15) is 16.9 Å². The fourth-order valence-corrected chi connectivity index (χ4v) is 5.25. The molecule has 0 bridgehead atoms. The Balaban J connectivity index is 1.49. The first kappa shape index (κ1) is 23.4. The highest BCUT2D eigenvalue weighted by Crippen LogP contribution is 2.40. The zero-order chi connectivity index (χ0) is 24.2. The van der Waals surface area contributed by atoms with Gasteiger partial charge in [0.05, 0.1) is 44.7 Å². The Kier molecular flexibility index (Phi) is 7.03. The number of morpholine rings is 1. The van der Waals surface area contributed by atoms with E-state index < -0.39 is 0 Å². The number of methoxy groups -OCH3 is 2. The first-order valence-corrected chi connectivity index (χ1v) is 12.3. The molecule has 10 heteroatoms. The maximum absolute atomic E-state index is 13.8. The Morgan fingerprint density at radius 3 is 2.57 bits per heavy atom. The lowest BCUT2D eigenvalue weighted by molar-refractivity contribution is 0.0376. The van der Waals surface area contributed by atoms with Crippen molar-refractivity contribution in [1.29, 1.82) is 0 Å². The summed E-state index contributed by atoms with van der Waals surface area (Å²) in [5, 5.41) is 0.574. The number of anilines is 1. The molecule has 9 nitrogen and oxygen atoms in total. The third-order valence-electron chi connectivity index (χ3n) is 6.00. The Hall–Kier alpha value is -3.34. The lowest BCUT2D eigenvalue weighted by atomic mass is 10.2. The lowest BCUT2D eigenvalue weighted by Gasteiger charge is -2.27. The van der Waals surface area contributed by atoms with Crippen molar-refractivity contribution in [2.45, 2.75) is 6.42 Å². The molecule has 1 fully saturated rings. The van der Waals surface area contributed by atoms with Crippen LogP contribution in [0.5, 0.6) is 11.5 Å². The predicted molar refractivity (Wildman–Crippen MR) is 136 cm³/mol. The number of aromatic nitrogens is 3. The number of fused-ring (bicyclic) bond motifs is 2. The summed E-state index contributed by atoms with van der Waals surface area (Å²) in [6, 6.07) is 11.2. The Bertz CT molecular complexity index is 1300. The highest BCUT2D eigenvalue weighted by molar-refractivity contribution is 7.22. The van der Waals surface area contributed by atoms with Gasteiger partial charge >= 0.3 is 0 Å². The van der Waals surface area contributed by atoms with Gasteiger partial charge in [0.15, 0.2) is 5.13 Å². The molecule has 2 aromatic heterocycles. The van der Waals surface area contributed by atoms with Gasteiger partial charge < -0.3 is 14.2 Å². The number of hydrogen-bond donors (Lipinski definition) is 0. The van der Waals surface area contributed by atoms with Crippen LogP contribution in [-0.4, -0.2) is 79.4 Å². The van der Waals surface area contributed by atoms with E-state index in [4.69, 9.17) is 19.2 Å². The fraction of sp³-hybridized carbons (Fsp3) is 0.360. The maximum atomic E-state index is 13.8. The van der Waals surface area contributed by atoms with Crippen molar-refractivity contribution in [3.05, 3.63) is 48.3 Å². The van der Waals surface area contributed by atoms with Crippen LogP contribution >= 0.6 is 11.3 Å². The number of carbonyl (C=O) groups excluding carboxylic acids is 1. The quantitative estimate of drug-likeness (QED) is 0.368. The molecular weight excluding hydrogens is 466 g/mol. The number of para-hydroxylation sites is 2. The van der Waals surface area contributed by atoms with E-state index >= 15 is 0 Å². The minimum absolute atomic E-state index is 0.234. The minimum Gasteiger partial charge on any atom is -0.495 e. The number of amides is 1. The van der Waals surface area contributed by atoms with E-state index in [0.29, 0.717) is 34.2 Å². The summed E-state index contributed by atoms with van der Waals surface area (Å²) >= 11 is 1.41. The van der Waals surface area contributed by atoms with Gasteiger partial charge in [0.2, 0.25) is 0 Å². The molecule has 0 spiro atoms. The second-order valence-electron chi connectivity index (χ2n) is 8.15. The van der Waals surface area contributed by atoms with Gasteiger partial charge in [-0.3, -0.25) is 19.6 Å². The van der Waals surface area contributed by atoms with Gasteiger partial charge in [0, 0.05) is 26.2 Å². The Morgan fingerprint density at radius 1 is 1.06 bits per heavy atom. The lowest BCUT2D eigenvalue weighted by Crippen LogP contribution is -2.39. The van der Waals surface area contributed by atoms with Gasteiger partial charge in [-0.05, 0) is 30.7 Å². The van der Waals surface area contributed by atoms with Crippen LogP contribution in [0.2, 0.25) is 0 Å². The van der Waals surface area contributed by atoms with Crippen molar-refractivity contribution >= 4 is 43.6 Å². The van der Waals surface area contributed by atoms with Crippen LogP contribution in [0, 0.1) is 0 Å². The van der Waals surface area contributed by atoms with Crippen LogP contribution in [0.3, 0.4) is 0 Å². The number of hydrogen-bond acceptors (Lipinski definition) is 9. The van der Waals surface area contributed by atoms with Crippen LogP contribution in [0.15, 0.2) is 42.6 Å². The van der Waals surface area contributed by atoms with Crippen molar-refractivity contribution in [2.75, 3.05) is 58.5 Å². The zero-order valence-electron chi connectivity index (χ0n) is 19.8. The second-order valence-corrected chi connectivity index (χ2v) is 9.13. The molecule has 0 saturated carbocycles. The second kappa shape index (κ2) is 10.5. The largest absolute Gasteiger partial charge is 0.495 e. The van der Waals surface area contributed by atoms with Crippen LogP contribution in [0.25, 0.3) is 21.3 Å². The predicted octanol–water partition coefficient (Wildman–Crippen LogP) is 3.63. The topological polar surface area (TPSA) is 89.9 Å². The summed E-state index contributed by atoms with van der Waals surface area (Å²) in [5.41, 5.74) is 2.38. The number of thiazole rings is 1. The van der Waals surface area contributed by atoms with Crippen LogP contribution in [-0.2, 0) is 4.74 Å². The van der Waals surface area contributed by atoms with Crippen LogP contribution in [0.4, 0.5) is 5.13 Å². The van der Waals surface area contributed by atoms with Crippen molar-refractivity contribution in [3.8, 4) is 11.5 Å². The average Bonchev–Trinajstić information content (AvgIpc) is 3.35. The molecule has 2 aromatic carbocycles. The van der Waals surface area contributed by atoms with Gasteiger partial charge in [-0.15, -0.1) is 0 Å². The number of benzene rings is 2. The third-order valence-corrected chi connectivity index (χ3v) is 7.10. The van der Waals surface area contributed by atoms with E-state index in [1.807, 2.05) is 36.4 Å². The number of nitrogens with zero attached hydrogens (tertiary/aromatic N) is 5. The molecule has 5 rings (SSSR count). The molecule has 0 aliphatic carbocycles. The molecule has 1 aliphatic heterocycles. The van der Waals surface area contributed by atoms with E-state index in [-0.39, 0.29) is 11.6 Å². The first-order valence-electron chi connectivity index (χ1n) is 11.5. The number of ether oxygens (including phenoxy) is 3. The van der Waals surface area contributed by atoms with Gasteiger partial charge in [0.1, 0.15) is 27.4 Å². The molecule has 0 unspecified atom stereocenters. The van der Waals surface area contributed by atoms with Crippen molar-refractivity contribution < 1.29 is 19.0 Å². The van der Waals surface area contributed by atoms with E-state index in [0.717, 1.165) is 49.5 Å². The van der Waals surface area contributed by atoms with Crippen molar-refractivity contribution in [3.63, 3.8) is 0 Å². The summed E-state index contributed by atoms with van der Waals surface area (Å²) in [6.07, 6.45) is 2.32. The molecule has 4 aromatic rings. The summed E-state index contributed by atoms with van der Waals surface area (Å²) in [5.74, 6) is 1.09. The highest BCUT2D eigenvalue weighted by atomic mass is 32.1. The van der Waals surface area contributed by atoms with Gasteiger partial charge in [-0.25, -0.2) is 9.97 Å². The molecule has 1 saturated heterocycles. The zero-order valence-corrected chi connectivity index (χ0v) is 20.6. The monoisotopic (exact) mass is 493 g/mol. The third kappa shape index (κ3) is 4.90. The normalized spacial score (nSPS) is 14.3. The molecule has 182 valence electrons. The van der Waals surface area contributed by atoms with E-state index in [2.05, 4.69) is 14.9 Å². The molecular formula is C25H27N5O4S. The SMILES string of the molecule is COc1ccc(OC)c2sc(N(CCCN3CCOCC3)C(=O)c3cnc4ccccc4n3)nc12. The fourth-order valence-electron chi connectivity index (χ4n) is 4.15.